The number of hydrogen-bond acceptors (Lipinski definition) is 5. The maximum absolute atomic E-state index is 12.6. The maximum Gasteiger partial charge on any atom is 0.253 e. The zero-order chi connectivity index (χ0) is 18.5. The fourth-order valence-corrected chi connectivity index (χ4v) is 4.75. The zero-order valence-electron chi connectivity index (χ0n) is 16.1. The van der Waals surface area contributed by atoms with Crippen molar-refractivity contribution >= 4 is 11.8 Å². The molecule has 7 nitrogen and oxygen atoms in total. The Morgan fingerprint density at radius 3 is 2.24 bits per heavy atom. The number of quaternary nitrogens is 1. The Hall–Kier alpha value is -1.02. The van der Waals surface area contributed by atoms with E-state index in [1.807, 2.05) is 0 Å². The van der Waals surface area contributed by atoms with Crippen molar-refractivity contribution < 1.29 is 19.3 Å². The first-order valence-corrected chi connectivity index (χ1v) is 9.54. The molecule has 3 aliphatic heterocycles. The van der Waals surface area contributed by atoms with Crippen molar-refractivity contribution in [2.75, 3.05) is 39.4 Å². The Labute approximate surface area is 150 Å². The number of fused-ring (bicyclic) bond motifs is 2. The highest BCUT2D eigenvalue weighted by molar-refractivity contribution is 6.02. The van der Waals surface area contributed by atoms with Crippen LogP contribution in [0.4, 0.5) is 0 Å². The van der Waals surface area contributed by atoms with E-state index >= 15 is 0 Å². The van der Waals surface area contributed by atoms with Gasteiger partial charge in [0.2, 0.25) is 5.91 Å². The number of imide groups is 1. The van der Waals surface area contributed by atoms with Gasteiger partial charge in [0, 0.05) is 6.42 Å². The zero-order valence-corrected chi connectivity index (χ0v) is 16.1. The van der Waals surface area contributed by atoms with Crippen LogP contribution in [-0.2, 0) is 9.59 Å². The predicted octanol–water partition coefficient (Wildman–Crippen LogP) is 1.23. The highest BCUT2D eigenvalue weighted by Crippen LogP contribution is 2.37. The second-order valence-electron chi connectivity index (χ2n) is 8.98. The third-order valence-corrected chi connectivity index (χ3v) is 6.38. The number of carbonyl (C=O) groups is 2. The molecule has 0 aromatic carbocycles. The van der Waals surface area contributed by atoms with Crippen LogP contribution in [0.5, 0.6) is 0 Å². The summed E-state index contributed by atoms with van der Waals surface area (Å²) >= 11 is 0. The molecular weight excluding hydrogens is 320 g/mol. The van der Waals surface area contributed by atoms with Gasteiger partial charge in [0.25, 0.3) is 5.91 Å². The van der Waals surface area contributed by atoms with Crippen molar-refractivity contribution in [3.63, 3.8) is 0 Å². The van der Waals surface area contributed by atoms with Gasteiger partial charge in [-0.05, 0) is 47.0 Å². The first kappa shape index (κ1) is 18.8. The lowest BCUT2D eigenvalue weighted by atomic mass is 10.1. The van der Waals surface area contributed by atoms with Crippen molar-refractivity contribution in [3.05, 3.63) is 0 Å². The molecule has 3 heterocycles. The number of hydroxylamine groups is 2. The van der Waals surface area contributed by atoms with Crippen LogP contribution in [0.3, 0.4) is 0 Å². The minimum Gasteiger partial charge on any atom is -0.311 e. The van der Waals surface area contributed by atoms with Crippen molar-refractivity contribution in [2.24, 2.45) is 0 Å². The standard InChI is InChI=1S/C18H33N4O3/c1-17(2)16(24)20(18(3,4)21(17)25)15(23)8-6-5-7-11-22-12-9-19(14-22)10-13-22/h25H,5-14H2,1-4H3/q+1. The molecule has 3 fully saturated rings. The monoisotopic (exact) mass is 353 g/mol. The Kier molecular flexibility index (Phi) is 4.73. The SMILES string of the molecule is CC1(C)C(=O)N(C(=O)CCCCC[N+]23CCN(CC2)C3)C(C)(C)N1O. The lowest BCUT2D eigenvalue weighted by molar-refractivity contribution is -0.908. The number of carbonyl (C=O) groups excluding carboxylic acids is 2. The highest BCUT2D eigenvalue weighted by atomic mass is 16.5. The minimum absolute atomic E-state index is 0.180. The van der Waals surface area contributed by atoms with Gasteiger partial charge in [0.15, 0.2) is 0 Å². The number of rotatable bonds is 6. The van der Waals surface area contributed by atoms with E-state index in [2.05, 4.69) is 4.90 Å². The summed E-state index contributed by atoms with van der Waals surface area (Å²) < 4.78 is 1.24. The van der Waals surface area contributed by atoms with E-state index < -0.39 is 11.2 Å². The van der Waals surface area contributed by atoms with E-state index in [0.717, 1.165) is 24.3 Å². The first-order chi connectivity index (χ1) is 11.6. The van der Waals surface area contributed by atoms with E-state index in [4.69, 9.17) is 0 Å². The summed E-state index contributed by atoms with van der Waals surface area (Å²) in [5.74, 6) is -0.502. The van der Waals surface area contributed by atoms with E-state index in [-0.39, 0.29) is 11.8 Å². The average Bonchev–Trinajstić information content (AvgIpc) is 3.16. The molecule has 0 spiro atoms. The molecule has 3 aliphatic rings. The third kappa shape index (κ3) is 3.12. The molecule has 0 aromatic heterocycles. The molecule has 2 bridgehead atoms. The van der Waals surface area contributed by atoms with Crippen molar-refractivity contribution in [3.8, 4) is 0 Å². The van der Waals surface area contributed by atoms with E-state index in [9.17, 15) is 14.8 Å². The van der Waals surface area contributed by atoms with Crippen LogP contribution in [0.15, 0.2) is 0 Å². The normalized spacial score (nSPS) is 33.4. The van der Waals surface area contributed by atoms with E-state index in [1.165, 1.54) is 48.8 Å². The van der Waals surface area contributed by atoms with Gasteiger partial charge < -0.3 is 9.69 Å². The van der Waals surface area contributed by atoms with Gasteiger partial charge in [0.1, 0.15) is 17.9 Å². The number of unbranched alkanes of at least 4 members (excludes halogenated alkanes) is 2. The number of amides is 2. The van der Waals surface area contributed by atoms with Crippen molar-refractivity contribution in [2.45, 2.75) is 64.6 Å². The van der Waals surface area contributed by atoms with Gasteiger partial charge in [-0.1, -0.05) is 0 Å². The maximum atomic E-state index is 12.6. The molecule has 3 saturated heterocycles. The molecule has 0 saturated carbocycles. The molecular formula is C18H33N4O3+. The summed E-state index contributed by atoms with van der Waals surface area (Å²) in [6.45, 7) is 14.1. The summed E-state index contributed by atoms with van der Waals surface area (Å²) in [5, 5.41) is 11.3. The molecule has 0 unspecified atom stereocenters. The van der Waals surface area contributed by atoms with Gasteiger partial charge in [0.05, 0.1) is 32.7 Å². The van der Waals surface area contributed by atoms with Crippen molar-refractivity contribution in [1.82, 2.24) is 14.9 Å². The fourth-order valence-electron chi connectivity index (χ4n) is 4.75. The molecule has 142 valence electrons. The van der Waals surface area contributed by atoms with Gasteiger partial charge in [-0.15, -0.1) is 0 Å². The summed E-state index contributed by atoms with van der Waals surface area (Å²) in [6.07, 6.45) is 3.32. The molecule has 25 heavy (non-hydrogen) atoms. The van der Waals surface area contributed by atoms with Gasteiger partial charge >= 0.3 is 0 Å². The number of piperazine rings is 1. The average molecular weight is 353 g/mol. The molecule has 0 aliphatic carbocycles. The van der Waals surface area contributed by atoms with Crippen molar-refractivity contribution in [1.29, 1.82) is 0 Å². The topological polar surface area (TPSA) is 64.1 Å². The van der Waals surface area contributed by atoms with Crippen LogP contribution < -0.4 is 0 Å². The largest absolute Gasteiger partial charge is 0.311 e. The van der Waals surface area contributed by atoms with Crippen LogP contribution in [0.2, 0.25) is 0 Å². The summed E-state index contributed by atoms with van der Waals surface area (Å²) in [5.41, 5.74) is -2.06. The minimum atomic E-state index is -1.06. The molecule has 0 aromatic rings. The first-order valence-electron chi connectivity index (χ1n) is 9.54. The van der Waals surface area contributed by atoms with Crippen LogP contribution >= 0.6 is 0 Å². The van der Waals surface area contributed by atoms with Crippen LogP contribution in [-0.4, -0.2) is 87.0 Å². The predicted molar refractivity (Wildman–Crippen MR) is 93.4 cm³/mol. The smallest absolute Gasteiger partial charge is 0.253 e. The Bertz CT molecular complexity index is 553. The van der Waals surface area contributed by atoms with Crippen LogP contribution in [0, 0.1) is 0 Å². The molecule has 2 amide bonds. The second-order valence-corrected chi connectivity index (χ2v) is 8.98. The fraction of sp³-hybridized carbons (Fsp3) is 0.889. The lowest BCUT2D eigenvalue weighted by Crippen LogP contribution is -2.51. The molecule has 7 heteroatoms. The van der Waals surface area contributed by atoms with Gasteiger partial charge in [-0.3, -0.25) is 14.5 Å². The summed E-state index contributed by atoms with van der Waals surface area (Å²) in [4.78, 5) is 28.9. The third-order valence-electron chi connectivity index (χ3n) is 6.38. The Balaban J connectivity index is 1.45. The molecule has 0 radical (unpaired) electrons. The molecule has 3 rings (SSSR count). The van der Waals surface area contributed by atoms with Gasteiger partial charge in [-0.25, -0.2) is 4.90 Å². The summed E-state index contributed by atoms with van der Waals surface area (Å²) in [6, 6.07) is 0. The quantitative estimate of drug-likeness (QED) is 0.575. The molecule has 1 N–H and O–H groups in total. The number of nitrogens with zero attached hydrogens (tertiary/aromatic N) is 4. The van der Waals surface area contributed by atoms with Gasteiger partial charge in [-0.2, -0.15) is 5.06 Å². The summed E-state index contributed by atoms with van der Waals surface area (Å²) in [7, 11) is 0. The second kappa shape index (κ2) is 6.30. The highest BCUT2D eigenvalue weighted by Gasteiger charge is 2.58. The molecule has 0 atom stereocenters. The number of hydrogen-bond donors (Lipinski definition) is 1. The van der Waals surface area contributed by atoms with E-state index in [1.54, 1.807) is 27.7 Å². The van der Waals surface area contributed by atoms with E-state index in [0.29, 0.717) is 6.42 Å². The lowest BCUT2D eigenvalue weighted by Gasteiger charge is -2.34. The van der Waals surface area contributed by atoms with Crippen LogP contribution in [0.1, 0.15) is 53.4 Å². The Morgan fingerprint density at radius 2 is 1.76 bits per heavy atom. The Morgan fingerprint density at radius 1 is 1.12 bits per heavy atom. The van der Waals surface area contributed by atoms with Crippen LogP contribution in [0.25, 0.3) is 0 Å².